The predicted octanol–water partition coefficient (Wildman–Crippen LogP) is 1.61. The van der Waals surface area contributed by atoms with Gasteiger partial charge in [0, 0.05) is 13.7 Å². The van der Waals surface area contributed by atoms with E-state index in [1.165, 1.54) is 7.11 Å². The van der Waals surface area contributed by atoms with Crippen molar-refractivity contribution in [2.75, 3.05) is 19.0 Å². The van der Waals surface area contributed by atoms with Gasteiger partial charge in [0.2, 0.25) is 0 Å². The topological polar surface area (TPSA) is 77.2 Å². The van der Waals surface area contributed by atoms with E-state index >= 15 is 0 Å². The van der Waals surface area contributed by atoms with E-state index in [4.69, 9.17) is 33.7 Å². The van der Waals surface area contributed by atoms with E-state index < -0.39 is 6.10 Å². The van der Waals surface area contributed by atoms with E-state index in [2.05, 4.69) is 10.3 Å². The van der Waals surface area contributed by atoms with Crippen molar-refractivity contribution in [3.05, 3.63) is 21.9 Å². The van der Waals surface area contributed by atoms with Crippen molar-refractivity contribution in [3.63, 3.8) is 0 Å². The molecule has 0 bridgehead atoms. The summed E-state index contributed by atoms with van der Waals surface area (Å²) < 4.78 is 4.91. The second-order valence-corrected chi connectivity index (χ2v) is 4.12. The summed E-state index contributed by atoms with van der Waals surface area (Å²) in [5.74, 6) is -0.371. The monoisotopic (exact) mass is 277 g/mol. The average Bonchev–Trinajstić information content (AvgIpc) is 2.25. The first-order valence-corrected chi connectivity index (χ1v) is 5.61. The molecule has 0 spiro atoms. The fourth-order valence-electron chi connectivity index (χ4n) is 1.26. The maximum absolute atomic E-state index is 11.7. The molecular weight excluding hydrogens is 265 g/mol. The van der Waals surface area contributed by atoms with Crippen molar-refractivity contribution in [2.45, 2.75) is 13.0 Å². The van der Waals surface area contributed by atoms with Gasteiger partial charge in [-0.15, -0.1) is 0 Å². The van der Waals surface area contributed by atoms with Crippen molar-refractivity contribution in [1.82, 2.24) is 4.98 Å². The first-order valence-electron chi connectivity index (χ1n) is 4.86. The largest absolute Gasteiger partial charge is 0.370 e. The van der Waals surface area contributed by atoms with Crippen LogP contribution in [-0.2, 0) is 9.53 Å². The lowest BCUT2D eigenvalue weighted by atomic mass is 10.2. The van der Waals surface area contributed by atoms with E-state index in [0.29, 0.717) is 5.69 Å². The number of ether oxygens (including phenoxy) is 1. The van der Waals surface area contributed by atoms with E-state index in [1.54, 1.807) is 13.0 Å². The molecule has 0 aliphatic heterocycles. The van der Waals surface area contributed by atoms with Crippen LogP contribution in [0, 0.1) is 6.92 Å². The number of rotatable bonds is 4. The number of hydrogen-bond donors (Lipinski definition) is 2. The van der Waals surface area contributed by atoms with E-state index in [9.17, 15) is 4.79 Å². The molecular formula is C10H13Cl2N3O2. The number of carbonyl (C=O) groups is 1. The van der Waals surface area contributed by atoms with Crippen LogP contribution >= 0.6 is 23.2 Å². The van der Waals surface area contributed by atoms with Crippen LogP contribution < -0.4 is 11.1 Å². The second-order valence-electron chi connectivity index (χ2n) is 3.38. The number of methoxy groups -OCH3 is 1. The number of halogens is 2. The van der Waals surface area contributed by atoms with E-state index in [-0.39, 0.29) is 22.8 Å². The van der Waals surface area contributed by atoms with Gasteiger partial charge in [-0.1, -0.05) is 23.2 Å². The van der Waals surface area contributed by atoms with Crippen LogP contribution in [0.5, 0.6) is 0 Å². The SMILES string of the molecule is COC(CN)C(=O)Nc1c(C)cc(Cl)nc1Cl. The molecule has 5 nitrogen and oxygen atoms in total. The molecule has 17 heavy (non-hydrogen) atoms. The number of aryl methyl sites for hydroxylation is 1. The molecule has 1 atom stereocenters. The minimum absolute atomic E-state index is 0.0834. The summed E-state index contributed by atoms with van der Waals surface area (Å²) in [5.41, 5.74) is 6.51. The zero-order valence-electron chi connectivity index (χ0n) is 9.46. The number of nitrogens with two attached hydrogens (primary N) is 1. The Morgan fingerprint density at radius 1 is 1.65 bits per heavy atom. The van der Waals surface area contributed by atoms with Crippen LogP contribution in [0.1, 0.15) is 5.56 Å². The van der Waals surface area contributed by atoms with Crippen LogP contribution in [0.3, 0.4) is 0 Å². The predicted molar refractivity (Wildman–Crippen MR) is 67.5 cm³/mol. The molecule has 1 aromatic heterocycles. The van der Waals surface area contributed by atoms with Crippen LogP contribution in [0.15, 0.2) is 6.07 Å². The zero-order chi connectivity index (χ0) is 13.0. The number of pyridine rings is 1. The van der Waals surface area contributed by atoms with Gasteiger partial charge in [0.1, 0.15) is 11.3 Å². The molecule has 0 aromatic carbocycles. The number of anilines is 1. The number of nitrogens with one attached hydrogen (secondary N) is 1. The van der Waals surface area contributed by atoms with Crippen LogP contribution in [0.4, 0.5) is 5.69 Å². The maximum Gasteiger partial charge on any atom is 0.254 e. The quantitative estimate of drug-likeness (QED) is 0.820. The van der Waals surface area contributed by atoms with Gasteiger partial charge >= 0.3 is 0 Å². The molecule has 0 saturated carbocycles. The summed E-state index contributed by atoms with van der Waals surface area (Å²) in [5, 5.41) is 3.02. The maximum atomic E-state index is 11.7. The fraction of sp³-hybridized carbons (Fsp3) is 0.400. The molecule has 1 rings (SSSR count). The number of carbonyl (C=O) groups excluding carboxylic acids is 1. The molecule has 0 radical (unpaired) electrons. The second kappa shape index (κ2) is 6.16. The first kappa shape index (κ1) is 14.2. The molecule has 0 fully saturated rings. The summed E-state index contributed by atoms with van der Waals surface area (Å²) in [6.07, 6.45) is -0.721. The molecule has 1 amide bonds. The van der Waals surface area contributed by atoms with Crippen molar-refractivity contribution < 1.29 is 9.53 Å². The van der Waals surface area contributed by atoms with Crippen molar-refractivity contribution >= 4 is 34.8 Å². The molecule has 1 unspecified atom stereocenters. The smallest absolute Gasteiger partial charge is 0.254 e. The van der Waals surface area contributed by atoms with Gasteiger partial charge < -0.3 is 15.8 Å². The molecule has 0 aliphatic carbocycles. The Labute approximate surface area is 109 Å². The summed E-state index contributed by atoms with van der Waals surface area (Å²) in [6, 6.07) is 1.60. The van der Waals surface area contributed by atoms with Crippen LogP contribution in [-0.4, -0.2) is 30.6 Å². The Kier molecular flexibility index (Phi) is 5.14. The Bertz CT molecular complexity index is 399. The lowest BCUT2D eigenvalue weighted by Crippen LogP contribution is -2.36. The van der Waals surface area contributed by atoms with E-state index in [1.807, 2.05) is 0 Å². The third-order valence-electron chi connectivity index (χ3n) is 2.18. The minimum Gasteiger partial charge on any atom is -0.370 e. The highest BCUT2D eigenvalue weighted by Crippen LogP contribution is 2.26. The van der Waals surface area contributed by atoms with Gasteiger partial charge in [-0.25, -0.2) is 4.98 Å². The first-order chi connectivity index (χ1) is 7.99. The summed E-state index contributed by atoms with van der Waals surface area (Å²) >= 11 is 11.6. The molecule has 94 valence electrons. The molecule has 0 saturated heterocycles. The molecule has 1 heterocycles. The van der Waals surface area contributed by atoms with E-state index in [0.717, 1.165) is 5.56 Å². The highest BCUT2D eigenvalue weighted by molar-refractivity contribution is 6.34. The molecule has 7 heteroatoms. The number of hydrogen-bond acceptors (Lipinski definition) is 4. The lowest BCUT2D eigenvalue weighted by molar-refractivity contribution is -0.125. The van der Waals surface area contributed by atoms with Crippen molar-refractivity contribution in [2.24, 2.45) is 5.73 Å². The Morgan fingerprint density at radius 3 is 2.76 bits per heavy atom. The van der Waals surface area contributed by atoms with Crippen molar-refractivity contribution in [1.29, 1.82) is 0 Å². The highest BCUT2D eigenvalue weighted by Gasteiger charge is 2.18. The van der Waals surface area contributed by atoms with Gasteiger partial charge in [-0.3, -0.25) is 4.79 Å². The third-order valence-corrected chi connectivity index (χ3v) is 2.65. The van der Waals surface area contributed by atoms with Gasteiger partial charge in [0.15, 0.2) is 5.15 Å². The van der Waals surface area contributed by atoms with Crippen LogP contribution in [0.2, 0.25) is 10.3 Å². The summed E-state index contributed by atoms with van der Waals surface area (Å²) in [7, 11) is 1.41. The van der Waals surface area contributed by atoms with Crippen LogP contribution in [0.25, 0.3) is 0 Å². The van der Waals surface area contributed by atoms with Gasteiger partial charge in [-0.05, 0) is 18.6 Å². The van der Waals surface area contributed by atoms with Gasteiger partial charge in [-0.2, -0.15) is 0 Å². The normalized spacial score (nSPS) is 12.3. The zero-order valence-corrected chi connectivity index (χ0v) is 11.0. The fourth-order valence-corrected chi connectivity index (χ4v) is 1.84. The standard InChI is InChI=1S/C10H13Cl2N3O2/c1-5-3-7(11)14-9(12)8(5)15-10(16)6(4-13)17-2/h3,6H,4,13H2,1-2H3,(H,15,16). The Hall–Kier alpha value is -0.880. The minimum atomic E-state index is -0.721. The van der Waals surface area contributed by atoms with Crippen molar-refractivity contribution in [3.8, 4) is 0 Å². The summed E-state index contributed by atoms with van der Waals surface area (Å²) in [4.78, 5) is 15.6. The van der Waals surface area contributed by atoms with Gasteiger partial charge in [0.05, 0.1) is 5.69 Å². The lowest BCUT2D eigenvalue weighted by Gasteiger charge is -2.15. The highest BCUT2D eigenvalue weighted by atomic mass is 35.5. The molecule has 1 aromatic rings. The molecule has 0 aliphatic rings. The number of nitrogens with zero attached hydrogens (tertiary/aromatic N) is 1. The third kappa shape index (κ3) is 3.54. The number of amides is 1. The molecule has 3 N–H and O–H groups in total. The average molecular weight is 278 g/mol. The Morgan fingerprint density at radius 2 is 2.29 bits per heavy atom. The Balaban J connectivity index is 2.92. The number of aromatic nitrogens is 1. The van der Waals surface area contributed by atoms with Gasteiger partial charge in [0.25, 0.3) is 5.91 Å². The summed E-state index contributed by atoms with van der Waals surface area (Å²) in [6.45, 7) is 1.85.